The summed E-state index contributed by atoms with van der Waals surface area (Å²) in [5.41, 5.74) is 1.31. The average Bonchev–Trinajstić information content (AvgIpc) is 3.11. The molecule has 2 unspecified atom stereocenters. The van der Waals surface area contributed by atoms with E-state index in [0.717, 1.165) is 43.4 Å². The molecule has 0 aromatic carbocycles. The minimum Gasteiger partial charge on any atom is -0.309 e. The van der Waals surface area contributed by atoms with Crippen molar-refractivity contribution in [2.75, 3.05) is 13.1 Å². The van der Waals surface area contributed by atoms with E-state index in [1.807, 2.05) is 18.2 Å². The van der Waals surface area contributed by atoms with Gasteiger partial charge in [-0.25, -0.2) is 4.98 Å². The quantitative estimate of drug-likeness (QED) is 0.870. The molecule has 2 aromatic heterocycles. The monoisotopic (exact) mass is 336 g/mol. The Morgan fingerprint density at radius 3 is 2.96 bits per heavy atom. The molecular weight excluding hydrogens is 312 g/mol. The number of rotatable bonds is 4. The number of aromatic nitrogens is 3. The number of likely N-dealkylation sites (tertiary alicyclic amines) is 1. The van der Waals surface area contributed by atoms with Gasteiger partial charge in [-0.2, -0.15) is 0 Å². The van der Waals surface area contributed by atoms with Gasteiger partial charge in [0.1, 0.15) is 5.82 Å². The maximum Gasteiger partial charge on any atom is 0.251 e. The number of hydrogen-bond donors (Lipinski definition) is 1. The molecule has 130 valence electrons. The van der Waals surface area contributed by atoms with Crippen LogP contribution in [0.4, 0.5) is 0 Å². The van der Waals surface area contributed by atoms with Crippen LogP contribution in [-0.4, -0.2) is 32.9 Å². The average molecular weight is 336 g/mol. The van der Waals surface area contributed by atoms with E-state index < -0.39 is 0 Å². The number of aromatic amines is 1. The summed E-state index contributed by atoms with van der Waals surface area (Å²) in [7, 11) is 0. The van der Waals surface area contributed by atoms with Crippen LogP contribution in [0.1, 0.15) is 44.0 Å². The number of nitrogens with one attached hydrogen (secondary N) is 1. The molecule has 0 saturated carbocycles. The molecule has 5 nitrogen and oxygen atoms in total. The number of pyridine rings is 1. The zero-order chi connectivity index (χ0) is 17.1. The Morgan fingerprint density at radius 1 is 1.20 bits per heavy atom. The lowest BCUT2D eigenvalue weighted by molar-refractivity contribution is 0.202. The van der Waals surface area contributed by atoms with Crippen molar-refractivity contribution < 1.29 is 0 Å². The van der Waals surface area contributed by atoms with E-state index >= 15 is 0 Å². The van der Waals surface area contributed by atoms with Crippen LogP contribution >= 0.6 is 0 Å². The van der Waals surface area contributed by atoms with Crippen LogP contribution in [0, 0.1) is 5.92 Å². The lowest BCUT2D eigenvalue weighted by atomic mass is 9.93. The van der Waals surface area contributed by atoms with Crippen molar-refractivity contribution in [2.45, 2.75) is 38.1 Å². The molecule has 4 rings (SSSR count). The van der Waals surface area contributed by atoms with Crippen LogP contribution in [0.15, 0.2) is 47.4 Å². The fraction of sp³-hybridized carbons (Fsp3) is 0.450. The molecule has 1 aliphatic carbocycles. The Balaban J connectivity index is 1.58. The molecular formula is C20H24N4O. The van der Waals surface area contributed by atoms with Crippen molar-refractivity contribution >= 4 is 0 Å². The number of nitrogens with zero attached hydrogens (tertiary/aromatic N) is 3. The lowest BCUT2D eigenvalue weighted by Crippen LogP contribution is -2.31. The standard InChI is InChI=1S/C20H24N4O/c25-19-13-17(16-9-4-5-11-21-16)22-20(23-19)18-10-6-12-24(18)14-15-7-2-1-3-8-15/h1-2,4-5,9,11,13,15,18H,3,6-8,10,12,14H2,(H,22,23,25). The number of hydrogen-bond acceptors (Lipinski definition) is 4. The van der Waals surface area contributed by atoms with Gasteiger partial charge >= 0.3 is 0 Å². The van der Waals surface area contributed by atoms with Crippen molar-refractivity contribution in [2.24, 2.45) is 5.92 Å². The summed E-state index contributed by atoms with van der Waals surface area (Å²) in [6.07, 6.45) is 12.2. The Bertz CT molecular complexity index is 799. The molecule has 1 saturated heterocycles. The molecule has 2 atom stereocenters. The lowest BCUT2D eigenvalue weighted by Gasteiger charge is -2.29. The van der Waals surface area contributed by atoms with Gasteiger partial charge in [0.2, 0.25) is 0 Å². The maximum atomic E-state index is 12.2. The van der Waals surface area contributed by atoms with E-state index in [2.05, 4.69) is 27.0 Å². The predicted molar refractivity (Wildman–Crippen MR) is 98.1 cm³/mol. The first-order chi connectivity index (χ1) is 12.3. The van der Waals surface area contributed by atoms with E-state index in [9.17, 15) is 4.79 Å². The summed E-state index contributed by atoms with van der Waals surface area (Å²) < 4.78 is 0. The summed E-state index contributed by atoms with van der Waals surface area (Å²) >= 11 is 0. The molecule has 0 amide bonds. The van der Waals surface area contributed by atoms with Crippen LogP contribution < -0.4 is 5.56 Å². The highest BCUT2D eigenvalue weighted by atomic mass is 16.1. The fourth-order valence-electron chi connectivity index (χ4n) is 3.99. The number of allylic oxidation sites excluding steroid dienone is 2. The molecule has 3 heterocycles. The molecule has 1 fully saturated rings. The molecule has 0 bridgehead atoms. The fourth-order valence-corrected chi connectivity index (χ4v) is 3.99. The zero-order valence-electron chi connectivity index (χ0n) is 14.4. The topological polar surface area (TPSA) is 61.9 Å². The highest BCUT2D eigenvalue weighted by molar-refractivity contribution is 5.52. The van der Waals surface area contributed by atoms with Crippen molar-refractivity contribution in [3.63, 3.8) is 0 Å². The Kier molecular flexibility index (Phi) is 4.74. The first-order valence-corrected chi connectivity index (χ1v) is 9.21. The molecule has 0 radical (unpaired) electrons. The van der Waals surface area contributed by atoms with Gasteiger partial charge in [0, 0.05) is 18.8 Å². The van der Waals surface area contributed by atoms with Crippen LogP contribution in [-0.2, 0) is 0 Å². The summed E-state index contributed by atoms with van der Waals surface area (Å²) in [5.74, 6) is 1.51. The van der Waals surface area contributed by atoms with Gasteiger partial charge < -0.3 is 4.98 Å². The van der Waals surface area contributed by atoms with Gasteiger partial charge in [0.05, 0.1) is 17.4 Å². The van der Waals surface area contributed by atoms with Gasteiger partial charge in [0.25, 0.3) is 5.56 Å². The van der Waals surface area contributed by atoms with Gasteiger partial charge in [-0.15, -0.1) is 0 Å². The smallest absolute Gasteiger partial charge is 0.251 e. The van der Waals surface area contributed by atoms with Crippen LogP contribution in [0.2, 0.25) is 0 Å². The molecule has 1 N–H and O–H groups in total. The SMILES string of the molecule is O=c1cc(-c2ccccn2)nc(C2CCCN2CC2CC=CCC2)[nH]1. The Labute approximate surface area is 147 Å². The predicted octanol–water partition coefficient (Wildman–Crippen LogP) is 3.33. The molecule has 2 aliphatic rings. The minimum absolute atomic E-state index is 0.0990. The van der Waals surface area contributed by atoms with Crippen molar-refractivity contribution in [3.05, 3.63) is 58.8 Å². The normalized spacial score (nSPS) is 23.8. The van der Waals surface area contributed by atoms with Crippen molar-refractivity contribution in [1.29, 1.82) is 0 Å². The summed E-state index contributed by atoms with van der Waals surface area (Å²) in [4.78, 5) is 26.8. The highest BCUT2D eigenvalue weighted by Crippen LogP contribution is 2.32. The minimum atomic E-state index is -0.0990. The van der Waals surface area contributed by atoms with E-state index in [4.69, 9.17) is 4.98 Å². The van der Waals surface area contributed by atoms with Crippen molar-refractivity contribution in [1.82, 2.24) is 19.9 Å². The second kappa shape index (κ2) is 7.31. The first-order valence-electron chi connectivity index (χ1n) is 9.21. The third-order valence-electron chi connectivity index (χ3n) is 5.24. The highest BCUT2D eigenvalue weighted by Gasteiger charge is 2.30. The first kappa shape index (κ1) is 16.2. The van der Waals surface area contributed by atoms with Gasteiger partial charge in [-0.1, -0.05) is 18.2 Å². The zero-order valence-corrected chi connectivity index (χ0v) is 14.4. The summed E-state index contributed by atoms with van der Waals surface area (Å²) in [5, 5.41) is 0. The van der Waals surface area contributed by atoms with Crippen molar-refractivity contribution in [3.8, 4) is 11.4 Å². The Hall–Kier alpha value is -2.27. The van der Waals surface area contributed by atoms with Gasteiger partial charge in [-0.3, -0.25) is 14.7 Å². The van der Waals surface area contributed by atoms with Crippen LogP contribution in [0.25, 0.3) is 11.4 Å². The Morgan fingerprint density at radius 2 is 2.16 bits per heavy atom. The third kappa shape index (κ3) is 3.71. The molecule has 2 aromatic rings. The molecule has 25 heavy (non-hydrogen) atoms. The van der Waals surface area contributed by atoms with E-state index in [1.165, 1.54) is 25.3 Å². The van der Waals surface area contributed by atoms with Crippen LogP contribution in [0.5, 0.6) is 0 Å². The molecule has 0 spiro atoms. The largest absolute Gasteiger partial charge is 0.309 e. The van der Waals surface area contributed by atoms with Gasteiger partial charge in [0.15, 0.2) is 0 Å². The van der Waals surface area contributed by atoms with E-state index in [-0.39, 0.29) is 11.6 Å². The molecule has 5 heteroatoms. The third-order valence-corrected chi connectivity index (χ3v) is 5.24. The number of H-pyrrole nitrogens is 1. The second-order valence-corrected chi connectivity index (χ2v) is 7.03. The van der Waals surface area contributed by atoms with E-state index in [0.29, 0.717) is 5.69 Å². The maximum absolute atomic E-state index is 12.2. The van der Waals surface area contributed by atoms with Crippen LogP contribution in [0.3, 0.4) is 0 Å². The molecule has 1 aliphatic heterocycles. The van der Waals surface area contributed by atoms with E-state index in [1.54, 1.807) is 6.20 Å². The van der Waals surface area contributed by atoms with Gasteiger partial charge in [-0.05, 0) is 56.7 Å². The summed E-state index contributed by atoms with van der Waals surface area (Å²) in [6.45, 7) is 2.18. The summed E-state index contributed by atoms with van der Waals surface area (Å²) in [6, 6.07) is 7.43. The second-order valence-electron chi connectivity index (χ2n) is 7.03.